The van der Waals surface area contributed by atoms with Crippen LogP contribution in [0.25, 0.3) is 0 Å². The molecule has 0 aromatic heterocycles. The lowest BCUT2D eigenvalue weighted by Gasteiger charge is -2.43. The fourth-order valence-electron chi connectivity index (χ4n) is 4.13. The van der Waals surface area contributed by atoms with Crippen LogP contribution in [0, 0.1) is 17.8 Å². The third kappa shape index (κ3) is 6.31. The number of ether oxygens (including phenoxy) is 3. The largest absolute Gasteiger partial charge is 0.394 e. The van der Waals surface area contributed by atoms with Gasteiger partial charge in [-0.3, -0.25) is 0 Å². The van der Waals surface area contributed by atoms with Crippen molar-refractivity contribution in [2.45, 2.75) is 58.7 Å². The van der Waals surface area contributed by atoms with Crippen LogP contribution in [-0.2, 0) is 14.2 Å². The second-order valence-electron chi connectivity index (χ2n) is 7.16. The molecule has 2 N–H and O–H groups in total. The van der Waals surface area contributed by atoms with Gasteiger partial charge in [0.1, 0.15) is 0 Å². The summed E-state index contributed by atoms with van der Waals surface area (Å²) in [7, 11) is 0. The number of aliphatic hydroxyl groups is 2. The van der Waals surface area contributed by atoms with Gasteiger partial charge in [0.25, 0.3) is 0 Å². The van der Waals surface area contributed by atoms with Gasteiger partial charge in [-0.25, -0.2) is 0 Å². The van der Waals surface area contributed by atoms with Crippen molar-refractivity contribution in [1.29, 1.82) is 0 Å². The summed E-state index contributed by atoms with van der Waals surface area (Å²) in [5.41, 5.74) is -0.345. The fraction of sp³-hybridized carbons (Fsp3) is 1.00. The molecule has 1 saturated carbocycles. The van der Waals surface area contributed by atoms with Gasteiger partial charge in [0.2, 0.25) is 0 Å². The molecule has 0 amide bonds. The molecule has 5 heteroatoms. The van der Waals surface area contributed by atoms with E-state index in [1.807, 2.05) is 0 Å². The molecule has 0 bridgehead atoms. The van der Waals surface area contributed by atoms with Crippen LogP contribution in [0.15, 0.2) is 0 Å². The van der Waals surface area contributed by atoms with Gasteiger partial charge < -0.3 is 24.4 Å². The van der Waals surface area contributed by atoms with Gasteiger partial charge in [-0.2, -0.15) is 0 Å². The smallest absolute Gasteiger partial charge is 0.0969 e. The summed E-state index contributed by atoms with van der Waals surface area (Å²) in [6, 6.07) is 0. The van der Waals surface area contributed by atoms with E-state index in [1.54, 1.807) is 0 Å². The Labute approximate surface area is 141 Å². The standard InChI is InChI=1S/C18H36O5/c1-14-11-15(2)13-18(16(3)12-14,17(4)22-8-6-20)23-10-9-21-7-5-19/h14-17,19-20H,5-13H2,1-4H3. The molecule has 0 saturated heterocycles. The predicted octanol–water partition coefficient (Wildman–Crippen LogP) is 2.24. The highest BCUT2D eigenvalue weighted by atomic mass is 16.6. The van der Waals surface area contributed by atoms with Crippen LogP contribution in [0.4, 0.5) is 0 Å². The molecule has 5 nitrogen and oxygen atoms in total. The number of aliphatic hydroxyl groups excluding tert-OH is 2. The maximum atomic E-state index is 9.08. The van der Waals surface area contributed by atoms with Gasteiger partial charge in [-0.15, -0.1) is 0 Å². The summed E-state index contributed by atoms with van der Waals surface area (Å²) in [6.07, 6.45) is 3.22. The van der Waals surface area contributed by atoms with Crippen molar-refractivity contribution >= 4 is 0 Å². The van der Waals surface area contributed by atoms with Gasteiger partial charge in [-0.05, 0) is 43.9 Å². The normalized spacial score (nSPS) is 33.4. The van der Waals surface area contributed by atoms with E-state index in [9.17, 15) is 0 Å². The first-order chi connectivity index (χ1) is 11.0. The van der Waals surface area contributed by atoms with Crippen molar-refractivity contribution < 1.29 is 24.4 Å². The van der Waals surface area contributed by atoms with Crippen molar-refractivity contribution in [2.24, 2.45) is 17.8 Å². The molecule has 5 atom stereocenters. The third-order valence-corrected chi connectivity index (χ3v) is 5.04. The zero-order valence-corrected chi connectivity index (χ0v) is 15.3. The lowest BCUT2D eigenvalue weighted by atomic mass is 9.78. The Kier molecular flexibility index (Phi) is 9.63. The molecule has 0 aromatic rings. The summed E-state index contributed by atoms with van der Waals surface area (Å²) in [4.78, 5) is 0. The second-order valence-corrected chi connectivity index (χ2v) is 7.16. The average Bonchev–Trinajstić information content (AvgIpc) is 2.60. The van der Waals surface area contributed by atoms with Gasteiger partial charge in [0.05, 0.1) is 51.3 Å². The fourth-order valence-corrected chi connectivity index (χ4v) is 4.13. The van der Waals surface area contributed by atoms with E-state index in [0.717, 1.165) is 12.8 Å². The quantitative estimate of drug-likeness (QED) is 0.474. The van der Waals surface area contributed by atoms with Crippen LogP contribution < -0.4 is 0 Å². The Morgan fingerprint density at radius 1 is 0.957 bits per heavy atom. The van der Waals surface area contributed by atoms with E-state index >= 15 is 0 Å². The van der Waals surface area contributed by atoms with E-state index in [2.05, 4.69) is 27.7 Å². The Morgan fingerprint density at radius 2 is 1.65 bits per heavy atom. The number of rotatable bonds is 10. The van der Waals surface area contributed by atoms with Crippen LogP contribution in [0.5, 0.6) is 0 Å². The van der Waals surface area contributed by atoms with Gasteiger partial charge in [-0.1, -0.05) is 20.8 Å². The summed E-state index contributed by atoms with van der Waals surface area (Å²) >= 11 is 0. The van der Waals surface area contributed by atoms with Gasteiger partial charge in [0.15, 0.2) is 0 Å². The highest BCUT2D eigenvalue weighted by Gasteiger charge is 2.46. The molecule has 5 unspecified atom stereocenters. The molecular weight excluding hydrogens is 296 g/mol. The molecule has 0 radical (unpaired) electrons. The minimum absolute atomic E-state index is 0.0281. The number of hydrogen-bond donors (Lipinski definition) is 2. The van der Waals surface area contributed by atoms with E-state index in [0.29, 0.717) is 44.2 Å². The Bertz CT molecular complexity index is 312. The van der Waals surface area contributed by atoms with E-state index in [4.69, 9.17) is 24.4 Å². The topological polar surface area (TPSA) is 68.2 Å². The van der Waals surface area contributed by atoms with Crippen molar-refractivity contribution in [2.75, 3.05) is 39.6 Å². The zero-order chi connectivity index (χ0) is 17.3. The average molecular weight is 332 g/mol. The zero-order valence-electron chi connectivity index (χ0n) is 15.3. The molecule has 1 rings (SSSR count). The molecule has 0 aromatic carbocycles. The second kappa shape index (κ2) is 10.6. The summed E-state index contributed by atoms with van der Waals surface area (Å²) < 4.78 is 17.6. The maximum absolute atomic E-state index is 9.08. The summed E-state index contributed by atoms with van der Waals surface area (Å²) in [5, 5.41) is 17.9. The van der Waals surface area contributed by atoms with Crippen LogP contribution in [0.2, 0.25) is 0 Å². The third-order valence-electron chi connectivity index (χ3n) is 5.04. The lowest BCUT2D eigenvalue weighted by Crippen LogP contribution is -2.51. The summed E-state index contributed by atoms with van der Waals surface area (Å²) in [6.45, 7) is 10.6. The first kappa shape index (κ1) is 20.8. The van der Waals surface area contributed by atoms with Crippen LogP contribution in [0.3, 0.4) is 0 Å². The Hall–Kier alpha value is -0.200. The van der Waals surface area contributed by atoms with E-state index in [1.165, 1.54) is 6.42 Å². The monoisotopic (exact) mass is 332 g/mol. The predicted molar refractivity (Wildman–Crippen MR) is 90.4 cm³/mol. The van der Waals surface area contributed by atoms with Gasteiger partial charge >= 0.3 is 0 Å². The van der Waals surface area contributed by atoms with Crippen molar-refractivity contribution in [3.8, 4) is 0 Å². The molecule has 1 fully saturated rings. The Balaban J connectivity index is 2.80. The first-order valence-electron chi connectivity index (χ1n) is 9.01. The van der Waals surface area contributed by atoms with Crippen molar-refractivity contribution in [3.05, 3.63) is 0 Å². The van der Waals surface area contributed by atoms with Gasteiger partial charge in [0, 0.05) is 0 Å². The highest BCUT2D eigenvalue weighted by molar-refractivity contribution is 4.96. The SMILES string of the molecule is CC1CC(C)CC(OCCOCCO)(C(C)OCCO)C(C)C1. The maximum Gasteiger partial charge on any atom is 0.0969 e. The first-order valence-corrected chi connectivity index (χ1v) is 9.01. The van der Waals surface area contributed by atoms with Crippen LogP contribution in [-0.4, -0.2) is 61.6 Å². The number of hydrogen-bond acceptors (Lipinski definition) is 5. The Morgan fingerprint density at radius 3 is 2.30 bits per heavy atom. The van der Waals surface area contributed by atoms with Crippen LogP contribution >= 0.6 is 0 Å². The molecular formula is C18H36O5. The molecule has 0 heterocycles. The molecule has 0 spiro atoms. The molecule has 23 heavy (non-hydrogen) atoms. The summed E-state index contributed by atoms with van der Waals surface area (Å²) in [5.74, 6) is 1.64. The molecule has 0 aliphatic heterocycles. The molecule has 138 valence electrons. The minimum Gasteiger partial charge on any atom is -0.394 e. The lowest BCUT2D eigenvalue weighted by molar-refractivity contribution is -0.183. The van der Waals surface area contributed by atoms with Crippen LogP contribution in [0.1, 0.15) is 47.0 Å². The van der Waals surface area contributed by atoms with E-state index in [-0.39, 0.29) is 24.9 Å². The van der Waals surface area contributed by atoms with E-state index < -0.39 is 0 Å². The van der Waals surface area contributed by atoms with Crippen molar-refractivity contribution in [3.63, 3.8) is 0 Å². The molecule has 1 aliphatic rings. The van der Waals surface area contributed by atoms with Crippen molar-refractivity contribution in [1.82, 2.24) is 0 Å². The molecule has 1 aliphatic carbocycles. The highest BCUT2D eigenvalue weighted by Crippen LogP contribution is 2.43. The minimum atomic E-state index is -0.345.